The summed E-state index contributed by atoms with van der Waals surface area (Å²) in [5.41, 5.74) is 5.97. The van der Waals surface area contributed by atoms with E-state index in [4.69, 9.17) is 10.5 Å². The predicted molar refractivity (Wildman–Crippen MR) is 62.2 cm³/mol. The Morgan fingerprint density at radius 1 is 1.53 bits per heavy atom. The van der Waals surface area contributed by atoms with Crippen molar-refractivity contribution >= 4 is 5.91 Å². The third kappa shape index (κ3) is 4.03. The first-order valence-electron chi connectivity index (χ1n) is 5.51. The van der Waals surface area contributed by atoms with Gasteiger partial charge in [0, 0.05) is 5.56 Å². The molecule has 1 atom stereocenters. The van der Waals surface area contributed by atoms with Gasteiger partial charge in [-0.2, -0.15) is 0 Å². The van der Waals surface area contributed by atoms with E-state index in [-0.39, 0.29) is 24.0 Å². The average molecular weight is 241 g/mol. The van der Waals surface area contributed by atoms with Crippen molar-refractivity contribution in [3.05, 3.63) is 29.6 Å². The van der Waals surface area contributed by atoms with Crippen LogP contribution in [0.2, 0.25) is 0 Å². The van der Waals surface area contributed by atoms with Crippen LogP contribution in [-0.4, -0.2) is 26.1 Å². The van der Waals surface area contributed by atoms with Gasteiger partial charge in [0.15, 0.2) is 18.1 Å². The monoisotopic (exact) mass is 241 g/mol. The number of hydrogen-bond acceptors (Lipinski definition) is 2. The van der Waals surface area contributed by atoms with Gasteiger partial charge < -0.3 is 15.4 Å². The smallest absolute Gasteiger partial charge is 0.272 e. The summed E-state index contributed by atoms with van der Waals surface area (Å²) in [5, 5.41) is 0. The second-order valence-corrected chi connectivity index (χ2v) is 3.89. The van der Waals surface area contributed by atoms with Crippen molar-refractivity contribution in [2.75, 3.05) is 20.2 Å². The van der Waals surface area contributed by atoms with E-state index in [0.717, 1.165) is 17.0 Å². The SMILES string of the molecule is CC[NH+](CC(N)=O)Cc1ccc(OC)c(F)c1. The summed E-state index contributed by atoms with van der Waals surface area (Å²) in [6.07, 6.45) is 0. The molecule has 1 rings (SSSR count). The Morgan fingerprint density at radius 3 is 2.71 bits per heavy atom. The molecule has 1 amide bonds. The fraction of sp³-hybridized carbons (Fsp3) is 0.417. The molecule has 0 aliphatic rings. The average Bonchev–Trinajstić information content (AvgIpc) is 2.27. The Labute approximate surface area is 100 Å². The lowest BCUT2D eigenvalue weighted by molar-refractivity contribution is -0.904. The number of nitrogens with two attached hydrogens (primary N) is 1. The third-order valence-electron chi connectivity index (χ3n) is 2.59. The van der Waals surface area contributed by atoms with Crippen molar-refractivity contribution in [1.82, 2.24) is 0 Å². The molecule has 0 spiro atoms. The van der Waals surface area contributed by atoms with Gasteiger partial charge in [-0.3, -0.25) is 4.79 Å². The summed E-state index contributed by atoms with van der Waals surface area (Å²) < 4.78 is 18.3. The number of quaternary nitrogens is 1. The Bertz CT molecular complexity index is 396. The molecule has 0 aromatic heterocycles. The minimum Gasteiger partial charge on any atom is -0.494 e. The summed E-state index contributed by atoms with van der Waals surface area (Å²) in [7, 11) is 1.43. The zero-order valence-corrected chi connectivity index (χ0v) is 10.1. The highest BCUT2D eigenvalue weighted by Gasteiger charge is 2.12. The summed E-state index contributed by atoms with van der Waals surface area (Å²) in [4.78, 5) is 11.8. The van der Waals surface area contributed by atoms with Crippen LogP contribution in [0.25, 0.3) is 0 Å². The number of ether oxygens (including phenoxy) is 1. The van der Waals surface area contributed by atoms with Gasteiger partial charge >= 0.3 is 0 Å². The first-order valence-corrected chi connectivity index (χ1v) is 5.51. The summed E-state index contributed by atoms with van der Waals surface area (Å²) in [5.74, 6) is -0.517. The van der Waals surface area contributed by atoms with Gasteiger partial charge in [-0.15, -0.1) is 0 Å². The van der Waals surface area contributed by atoms with Crippen LogP contribution in [0.3, 0.4) is 0 Å². The first kappa shape index (κ1) is 13.4. The number of halogens is 1. The Balaban J connectivity index is 2.73. The van der Waals surface area contributed by atoms with E-state index in [1.165, 1.54) is 13.2 Å². The quantitative estimate of drug-likeness (QED) is 0.720. The van der Waals surface area contributed by atoms with Gasteiger partial charge in [0.1, 0.15) is 6.54 Å². The minimum atomic E-state index is -0.389. The number of nitrogens with one attached hydrogen (secondary N) is 1. The maximum atomic E-state index is 13.4. The van der Waals surface area contributed by atoms with E-state index in [0.29, 0.717) is 6.54 Å². The van der Waals surface area contributed by atoms with Crippen molar-refractivity contribution in [3.8, 4) is 5.75 Å². The van der Waals surface area contributed by atoms with Crippen LogP contribution in [0.4, 0.5) is 4.39 Å². The topological polar surface area (TPSA) is 56.8 Å². The van der Waals surface area contributed by atoms with Gasteiger partial charge in [0.25, 0.3) is 5.91 Å². The number of primary amides is 1. The molecule has 4 nitrogen and oxygen atoms in total. The maximum Gasteiger partial charge on any atom is 0.272 e. The van der Waals surface area contributed by atoms with Crippen LogP contribution >= 0.6 is 0 Å². The molecule has 0 radical (unpaired) electrons. The van der Waals surface area contributed by atoms with Gasteiger partial charge in [-0.05, 0) is 25.1 Å². The molecule has 1 unspecified atom stereocenters. The van der Waals surface area contributed by atoms with Crippen molar-refractivity contribution in [2.45, 2.75) is 13.5 Å². The number of carbonyl (C=O) groups excluding carboxylic acids is 1. The van der Waals surface area contributed by atoms with Crippen molar-refractivity contribution < 1.29 is 18.8 Å². The third-order valence-corrected chi connectivity index (χ3v) is 2.59. The van der Waals surface area contributed by atoms with Crippen LogP contribution in [-0.2, 0) is 11.3 Å². The minimum absolute atomic E-state index is 0.224. The summed E-state index contributed by atoms with van der Waals surface area (Å²) in [6.45, 7) is 3.54. The zero-order chi connectivity index (χ0) is 12.8. The molecule has 1 aromatic rings. The largest absolute Gasteiger partial charge is 0.494 e. The molecule has 0 bridgehead atoms. The molecule has 5 heteroatoms. The van der Waals surface area contributed by atoms with E-state index >= 15 is 0 Å². The highest BCUT2D eigenvalue weighted by atomic mass is 19.1. The van der Waals surface area contributed by atoms with Gasteiger partial charge in [0.2, 0.25) is 0 Å². The van der Waals surface area contributed by atoms with E-state index in [1.54, 1.807) is 12.1 Å². The van der Waals surface area contributed by atoms with Crippen LogP contribution in [0.15, 0.2) is 18.2 Å². The van der Waals surface area contributed by atoms with E-state index < -0.39 is 0 Å². The first-order chi connectivity index (χ1) is 8.06. The van der Waals surface area contributed by atoms with Gasteiger partial charge in [-0.25, -0.2) is 4.39 Å². The van der Waals surface area contributed by atoms with Crippen LogP contribution < -0.4 is 15.4 Å². The molecule has 94 valence electrons. The van der Waals surface area contributed by atoms with Crippen molar-refractivity contribution in [3.63, 3.8) is 0 Å². The zero-order valence-electron chi connectivity index (χ0n) is 10.1. The Hall–Kier alpha value is -1.62. The number of rotatable bonds is 6. The highest BCUT2D eigenvalue weighted by molar-refractivity contribution is 5.74. The molecule has 0 saturated heterocycles. The summed E-state index contributed by atoms with van der Waals surface area (Å²) >= 11 is 0. The second kappa shape index (κ2) is 6.20. The van der Waals surface area contributed by atoms with Gasteiger partial charge in [-0.1, -0.05) is 0 Å². The van der Waals surface area contributed by atoms with E-state index in [2.05, 4.69) is 0 Å². The lowest BCUT2D eigenvalue weighted by Gasteiger charge is -2.16. The number of carbonyl (C=O) groups is 1. The Kier molecular flexibility index (Phi) is 4.90. The number of benzene rings is 1. The molecular weight excluding hydrogens is 223 g/mol. The van der Waals surface area contributed by atoms with Crippen molar-refractivity contribution in [1.29, 1.82) is 0 Å². The fourth-order valence-corrected chi connectivity index (χ4v) is 1.67. The van der Waals surface area contributed by atoms with Crippen LogP contribution in [0.5, 0.6) is 5.75 Å². The fourth-order valence-electron chi connectivity index (χ4n) is 1.67. The molecular formula is C12H18FN2O2+. The molecule has 17 heavy (non-hydrogen) atoms. The molecule has 1 aromatic carbocycles. The molecule has 0 aliphatic heterocycles. The standard InChI is InChI=1S/C12H17FN2O2/c1-3-15(8-12(14)16)7-9-4-5-11(17-2)10(13)6-9/h4-6H,3,7-8H2,1-2H3,(H2,14,16)/p+1. The number of amides is 1. The second-order valence-electron chi connectivity index (χ2n) is 3.89. The lowest BCUT2D eigenvalue weighted by atomic mass is 10.2. The molecule has 0 aliphatic carbocycles. The van der Waals surface area contributed by atoms with Crippen molar-refractivity contribution in [2.24, 2.45) is 5.73 Å². The predicted octanol–water partition coefficient (Wildman–Crippen LogP) is -0.276. The summed E-state index contributed by atoms with van der Waals surface area (Å²) in [6, 6.07) is 4.80. The highest BCUT2D eigenvalue weighted by Crippen LogP contribution is 2.16. The van der Waals surface area contributed by atoms with E-state index in [1.807, 2.05) is 6.92 Å². The molecule has 0 heterocycles. The molecule has 3 N–H and O–H groups in total. The molecule has 0 fully saturated rings. The Morgan fingerprint density at radius 2 is 2.24 bits per heavy atom. The number of likely N-dealkylation sites (N-methyl/N-ethyl adjacent to an activating group) is 1. The molecule has 0 saturated carbocycles. The number of hydrogen-bond donors (Lipinski definition) is 2. The maximum absolute atomic E-state index is 13.4. The van der Waals surface area contributed by atoms with E-state index in [9.17, 15) is 9.18 Å². The number of methoxy groups -OCH3 is 1. The van der Waals surface area contributed by atoms with Crippen LogP contribution in [0, 0.1) is 5.82 Å². The van der Waals surface area contributed by atoms with Gasteiger partial charge in [0.05, 0.1) is 13.7 Å². The normalized spacial score (nSPS) is 12.2. The van der Waals surface area contributed by atoms with Crippen LogP contribution in [0.1, 0.15) is 12.5 Å². The lowest BCUT2D eigenvalue weighted by Crippen LogP contribution is -3.11.